The Hall–Kier alpha value is -1.75. The molecule has 2 unspecified atom stereocenters. The minimum atomic E-state index is -0.0909. The predicted molar refractivity (Wildman–Crippen MR) is 113 cm³/mol. The Morgan fingerprint density at radius 3 is 2.21 bits per heavy atom. The van der Waals surface area contributed by atoms with Gasteiger partial charge in [0.15, 0.2) is 0 Å². The van der Waals surface area contributed by atoms with Gasteiger partial charge < -0.3 is 19.4 Å². The van der Waals surface area contributed by atoms with Gasteiger partial charge in [0, 0.05) is 50.0 Å². The van der Waals surface area contributed by atoms with E-state index in [2.05, 4.69) is 52.9 Å². The van der Waals surface area contributed by atoms with Gasteiger partial charge in [0.2, 0.25) is 0 Å². The molecular formula is C23H35N3O2. The molecule has 154 valence electrons. The zero-order valence-electron chi connectivity index (χ0n) is 17.6. The maximum absolute atomic E-state index is 12.3. The highest BCUT2D eigenvalue weighted by atomic mass is 16.6. The van der Waals surface area contributed by atoms with E-state index in [-0.39, 0.29) is 6.09 Å². The second-order valence-electron chi connectivity index (χ2n) is 8.83. The molecule has 0 radical (unpaired) electrons. The topological polar surface area (TPSA) is 36.0 Å². The molecule has 28 heavy (non-hydrogen) atoms. The molecule has 5 nitrogen and oxygen atoms in total. The number of aryl methyl sites for hydroxylation is 1. The van der Waals surface area contributed by atoms with Gasteiger partial charge in [0.25, 0.3) is 0 Å². The third-order valence-electron chi connectivity index (χ3n) is 7.19. The molecule has 0 saturated carbocycles. The van der Waals surface area contributed by atoms with E-state index in [0.717, 1.165) is 25.7 Å². The summed E-state index contributed by atoms with van der Waals surface area (Å²) in [6, 6.07) is 10.9. The van der Waals surface area contributed by atoms with Crippen LogP contribution in [0.5, 0.6) is 0 Å². The van der Waals surface area contributed by atoms with Crippen LogP contribution in [0.1, 0.15) is 51.0 Å². The van der Waals surface area contributed by atoms with Crippen molar-refractivity contribution in [3.63, 3.8) is 0 Å². The van der Waals surface area contributed by atoms with E-state index in [9.17, 15) is 4.79 Å². The number of fused-ring (bicyclic) bond motifs is 2. The number of piperidine rings is 2. The maximum atomic E-state index is 12.3. The number of carbonyl (C=O) groups is 1. The van der Waals surface area contributed by atoms with Crippen LogP contribution in [0.15, 0.2) is 24.3 Å². The lowest BCUT2D eigenvalue weighted by Gasteiger charge is -2.46. The number of rotatable bonds is 4. The molecule has 0 N–H and O–H groups in total. The monoisotopic (exact) mass is 385 g/mol. The van der Waals surface area contributed by atoms with E-state index < -0.39 is 0 Å². The summed E-state index contributed by atoms with van der Waals surface area (Å²) in [4.78, 5) is 19.5. The Kier molecular flexibility index (Phi) is 5.81. The van der Waals surface area contributed by atoms with Gasteiger partial charge in [-0.2, -0.15) is 0 Å². The van der Waals surface area contributed by atoms with Crippen molar-refractivity contribution >= 4 is 11.8 Å². The van der Waals surface area contributed by atoms with E-state index in [4.69, 9.17) is 4.74 Å². The average Bonchev–Trinajstić information content (AvgIpc) is 2.98. The molecule has 2 atom stereocenters. The van der Waals surface area contributed by atoms with Crippen molar-refractivity contribution in [1.29, 1.82) is 0 Å². The van der Waals surface area contributed by atoms with Gasteiger partial charge in [-0.3, -0.25) is 0 Å². The number of amides is 1. The fourth-order valence-corrected chi connectivity index (χ4v) is 5.57. The average molecular weight is 386 g/mol. The standard InChI is InChI=1S/C23H35N3O2/c1-4-28-23(27)26-20-9-10-21(26)16-22(15-20)25-13-11-19(12-14-25)24(3)18-7-5-17(2)6-8-18/h5-8,19-22H,4,9-16H2,1-3H3. The quantitative estimate of drug-likeness (QED) is 0.783. The smallest absolute Gasteiger partial charge is 0.410 e. The number of anilines is 1. The van der Waals surface area contributed by atoms with Crippen molar-refractivity contribution in [2.24, 2.45) is 0 Å². The molecular weight excluding hydrogens is 350 g/mol. The van der Waals surface area contributed by atoms with Crippen LogP contribution >= 0.6 is 0 Å². The molecule has 5 heteroatoms. The molecule has 0 spiro atoms. The summed E-state index contributed by atoms with van der Waals surface area (Å²) in [7, 11) is 2.24. The van der Waals surface area contributed by atoms with Crippen LogP contribution < -0.4 is 4.90 Å². The van der Waals surface area contributed by atoms with E-state index in [0.29, 0.717) is 30.8 Å². The van der Waals surface area contributed by atoms with Crippen molar-refractivity contribution in [2.75, 3.05) is 31.6 Å². The van der Waals surface area contributed by atoms with Gasteiger partial charge in [0.05, 0.1) is 6.61 Å². The predicted octanol–water partition coefficient (Wildman–Crippen LogP) is 4.05. The van der Waals surface area contributed by atoms with Crippen molar-refractivity contribution in [3.05, 3.63) is 29.8 Å². The van der Waals surface area contributed by atoms with Crippen LogP contribution in [0.4, 0.5) is 10.5 Å². The highest BCUT2D eigenvalue weighted by Gasteiger charge is 2.45. The number of carbonyl (C=O) groups excluding carboxylic acids is 1. The molecule has 1 aromatic rings. The first-order valence-corrected chi connectivity index (χ1v) is 11.1. The second kappa shape index (κ2) is 8.32. The summed E-state index contributed by atoms with van der Waals surface area (Å²) in [6.07, 6.45) is 6.88. The maximum Gasteiger partial charge on any atom is 0.410 e. The minimum Gasteiger partial charge on any atom is -0.450 e. The Labute approximate surface area is 169 Å². The highest BCUT2D eigenvalue weighted by molar-refractivity contribution is 5.69. The van der Waals surface area contributed by atoms with Crippen LogP contribution in [-0.4, -0.2) is 66.8 Å². The van der Waals surface area contributed by atoms with E-state index in [1.54, 1.807) is 0 Å². The zero-order valence-corrected chi connectivity index (χ0v) is 17.6. The first kappa shape index (κ1) is 19.6. The first-order valence-electron chi connectivity index (χ1n) is 11.1. The van der Waals surface area contributed by atoms with Crippen LogP contribution in [0.25, 0.3) is 0 Å². The van der Waals surface area contributed by atoms with Gasteiger partial charge >= 0.3 is 6.09 Å². The first-order chi connectivity index (χ1) is 13.6. The number of nitrogens with zero attached hydrogens (tertiary/aromatic N) is 3. The summed E-state index contributed by atoms with van der Waals surface area (Å²) < 4.78 is 5.30. The van der Waals surface area contributed by atoms with Crippen molar-refractivity contribution in [1.82, 2.24) is 9.80 Å². The number of ether oxygens (including phenoxy) is 1. The van der Waals surface area contributed by atoms with Gasteiger partial charge in [-0.15, -0.1) is 0 Å². The van der Waals surface area contributed by atoms with Crippen molar-refractivity contribution in [2.45, 2.75) is 76.5 Å². The molecule has 3 saturated heterocycles. The summed E-state index contributed by atoms with van der Waals surface area (Å²) in [5.74, 6) is 0. The van der Waals surface area contributed by atoms with Crippen molar-refractivity contribution < 1.29 is 9.53 Å². The van der Waals surface area contributed by atoms with Crippen LogP contribution in [0, 0.1) is 6.92 Å². The molecule has 4 rings (SSSR count). The summed E-state index contributed by atoms with van der Waals surface area (Å²) in [5.41, 5.74) is 2.64. The third kappa shape index (κ3) is 3.86. The van der Waals surface area contributed by atoms with E-state index >= 15 is 0 Å². The van der Waals surface area contributed by atoms with Gasteiger partial charge in [-0.05, 0) is 64.5 Å². The number of likely N-dealkylation sites (tertiary alicyclic amines) is 1. The fourth-order valence-electron chi connectivity index (χ4n) is 5.57. The molecule has 3 fully saturated rings. The lowest BCUT2D eigenvalue weighted by molar-refractivity contribution is 0.0342. The summed E-state index contributed by atoms with van der Waals surface area (Å²) in [6.45, 7) is 6.85. The van der Waals surface area contributed by atoms with Crippen LogP contribution in [0.2, 0.25) is 0 Å². The number of hydrogen-bond acceptors (Lipinski definition) is 4. The Morgan fingerprint density at radius 1 is 1.04 bits per heavy atom. The molecule has 1 aromatic carbocycles. The molecule has 0 aromatic heterocycles. The van der Waals surface area contributed by atoms with Crippen LogP contribution in [0.3, 0.4) is 0 Å². The second-order valence-corrected chi connectivity index (χ2v) is 8.83. The van der Waals surface area contributed by atoms with Crippen molar-refractivity contribution in [3.8, 4) is 0 Å². The Balaban J connectivity index is 1.31. The molecule has 2 bridgehead atoms. The lowest BCUT2D eigenvalue weighted by atomic mass is 9.93. The van der Waals surface area contributed by atoms with Gasteiger partial charge in [0.1, 0.15) is 0 Å². The summed E-state index contributed by atoms with van der Waals surface area (Å²) >= 11 is 0. The van der Waals surface area contributed by atoms with E-state index in [1.807, 2.05) is 6.92 Å². The Bertz CT molecular complexity index is 655. The number of hydrogen-bond donors (Lipinski definition) is 0. The SMILES string of the molecule is CCOC(=O)N1C2CCC1CC(N1CCC(N(C)c3ccc(C)cc3)CC1)C2. The minimum absolute atomic E-state index is 0.0909. The third-order valence-corrected chi connectivity index (χ3v) is 7.19. The highest BCUT2D eigenvalue weighted by Crippen LogP contribution is 2.39. The molecule has 3 aliphatic heterocycles. The van der Waals surface area contributed by atoms with Gasteiger partial charge in [-0.25, -0.2) is 4.79 Å². The van der Waals surface area contributed by atoms with Gasteiger partial charge in [-0.1, -0.05) is 17.7 Å². The fraction of sp³-hybridized carbons (Fsp3) is 0.696. The molecule has 1 amide bonds. The summed E-state index contributed by atoms with van der Waals surface area (Å²) in [5, 5.41) is 0. The van der Waals surface area contributed by atoms with E-state index in [1.165, 1.54) is 37.2 Å². The number of benzene rings is 1. The van der Waals surface area contributed by atoms with Crippen LogP contribution in [-0.2, 0) is 4.74 Å². The lowest BCUT2D eigenvalue weighted by Crippen LogP contribution is -2.55. The molecule has 0 aliphatic carbocycles. The zero-order chi connectivity index (χ0) is 19.7. The largest absolute Gasteiger partial charge is 0.450 e. The normalized spacial score (nSPS) is 28.4. The molecule has 3 aliphatic rings. The molecule has 3 heterocycles. The Morgan fingerprint density at radius 2 is 1.64 bits per heavy atom.